The van der Waals surface area contributed by atoms with Gasteiger partial charge in [0.15, 0.2) is 0 Å². The predicted octanol–water partition coefficient (Wildman–Crippen LogP) is 3.39. The Morgan fingerprint density at radius 1 is 1.26 bits per heavy atom. The number of carbonyl (C=O) groups excluding carboxylic acids is 1. The molecule has 2 amide bonds. The first-order valence-electron chi connectivity index (χ1n) is 10.3. The van der Waals surface area contributed by atoms with E-state index in [0.717, 1.165) is 48.1 Å². The van der Waals surface area contributed by atoms with Crippen molar-refractivity contribution in [2.75, 3.05) is 38.6 Å². The van der Waals surface area contributed by atoms with Crippen molar-refractivity contribution in [2.24, 2.45) is 0 Å². The highest BCUT2D eigenvalue weighted by molar-refractivity contribution is 7.89. The van der Waals surface area contributed by atoms with Gasteiger partial charge in [0.1, 0.15) is 0 Å². The van der Waals surface area contributed by atoms with E-state index in [9.17, 15) is 13.2 Å². The third kappa shape index (κ3) is 4.90. The first-order chi connectivity index (χ1) is 14.7. The number of likely N-dealkylation sites (tertiary alicyclic amines) is 1. The van der Waals surface area contributed by atoms with E-state index in [1.807, 2.05) is 6.07 Å². The molecule has 1 aromatic carbocycles. The minimum Gasteiger partial charge on any atom is -0.334 e. The molecule has 0 aliphatic carbocycles. The Labute approximate surface area is 192 Å². The van der Waals surface area contributed by atoms with Crippen LogP contribution in [0.15, 0.2) is 35.2 Å². The van der Waals surface area contributed by atoms with Crippen molar-refractivity contribution in [2.45, 2.75) is 36.7 Å². The van der Waals surface area contributed by atoms with Crippen LogP contribution in [0.2, 0.25) is 4.34 Å². The summed E-state index contributed by atoms with van der Waals surface area (Å²) in [5.74, 6) is 0. The molecule has 1 unspecified atom stereocenters. The molecule has 1 atom stereocenters. The number of sulfonamides is 1. The van der Waals surface area contributed by atoms with Crippen LogP contribution >= 0.6 is 22.9 Å². The molecule has 4 rings (SSSR count). The van der Waals surface area contributed by atoms with Crippen LogP contribution in [0.5, 0.6) is 0 Å². The number of hydrogen-bond acceptors (Lipinski definition) is 5. The molecule has 0 saturated carbocycles. The summed E-state index contributed by atoms with van der Waals surface area (Å²) in [5.41, 5.74) is 1.68. The lowest BCUT2D eigenvalue weighted by atomic mass is 10.1. The van der Waals surface area contributed by atoms with Gasteiger partial charge in [-0.15, -0.1) is 11.3 Å². The number of benzene rings is 1. The number of anilines is 1. The van der Waals surface area contributed by atoms with Crippen molar-refractivity contribution in [3.05, 3.63) is 45.1 Å². The zero-order chi connectivity index (χ0) is 22.2. The number of nitrogens with zero attached hydrogens (tertiary/aromatic N) is 3. The summed E-state index contributed by atoms with van der Waals surface area (Å²) >= 11 is 7.64. The minimum absolute atomic E-state index is 0.0918. The summed E-state index contributed by atoms with van der Waals surface area (Å²) in [6, 6.07) is 8.96. The van der Waals surface area contributed by atoms with E-state index in [-0.39, 0.29) is 17.0 Å². The molecule has 1 saturated heterocycles. The largest absolute Gasteiger partial charge is 0.334 e. The summed E-state index contributed by atoms with van der Waals surface area (Å²) in [5, 5.41) is 3.18. The molecule has 0 bridgehead atoms. The van der Waals surface area contributed by atoms with Crippen LogP contribution in [0.4, 0.5) is 10.5 Å². The number of nitrogens with one attached hydrogen (secondary N) is 1. The molecule has 1 N–H and O–H groups in total. The Hall–Kier alpha value is -1.65. The zero-order valence-corrected chi connectivity index (χ0v) is 20.1. The van der Waals surface area contributed by atoms with Gasteiger partial charge in [0.05, 0.1) is 9.23 Å². The Morgan fingerprint density at radius 2 is 2.06 bits per heavy atom. The molecular weight excluding hydrogens is 456 g/mol. The minimum atomic E-state index is -3.49. The summed E-state index contributed by atoms with van der Waals surface area (Å²) in [6.45, 7) is 3.22. The average Bonchev–Trinajstić information content (AvgIpc) is 3.33. The van der Waals surface area contributed by atoms with Crippen molar-refractivity contribution in [3.63, 3.8) is 0 Å². The summed E-state index contributed by atoms with van der Waals surface area (Å²) in [4.78, 5) is 18.6. The summed E-state index contributed by atoms with van der Waals surface area (Å²) in [6.07, 6.45) is 2.63. The molecule has 3 heterocycles. The van der Waals surface area contributed by atoms with Crippen LogP contribution in [0.25, 0.3) is 0 Å². The number of hydrogen-bond donors (Lipinski definition) is 1. The maximum absolute atomic E-state index is 13.0. The molecule has 0 spiro atoms. The average molecular weight is 483 g/mol. The quantitative estimate of drug-likeness (QED) is 0.709. The SMILES string of the molecule is CN(C)S(=O)(=O)c1ccc2c(c1)CCN2C(=O)NC1CCCN(Cc2ccc(Cl)s2)C1. The topological polar surface area (TPSA) is 73.0 Å². The standard InChI is InChI=1S/C21H27ClN4O3S2/c1-24(2)31(28,29)18-6-7-19-15(12-18)9-11-26(19)21(27)23-16-4-3-10-25(13-16)14-17-5-8-20(22)30-17/h5-8,12,16H,3-4,9-11,13-14H2,1-2H3,(H,23,27). The predicted molar refractivity (Wildman–Crippen MR) is 125 cm³/mol. The highest BCUT2D eigenvalue weighted by Gasteiger charge is 2.29. The lowest BCUT2D eigenvalue weighted by Gasteiger charge is -2.33. The number of rotatable bonds is 5. The number of amides is 2. The van der Waals surface area contributed by atoms with E-state index >= 15 is 0 Å². The Bertz CT molecular complexity index is 1070. The Morgan fingerprint density at radius 3 is 2.77 bits per heavy atom. The lowest BCUT2D eigenvalue weighted by Crippen LogP contribution is -2.51. The molecule has 0 radical (unpaired) electrons. The molecule has 31 heavy (non-hydrogen) atoms. The van der Waals surface area contributed by atoms with Gasteiger partial charge in [0.25, 0.3) is 0 Å². The van der Waals surface area contributed by atoms with Crippen molar-refractivity contribution < 1.29 is 13.2 Å². The van der Waals surface area contributed by atoms with E-state index in [1.54, 1.807) is 34.4 Å². The number of fused-ring (bicyclic) bond motifs is 1. The second kappa shape index (κ2) is 9.07. The Balaban J connectivity index is 1.40. The molecule has 1 fully saturated rings. The van der Waals surface area contributed by atoms with Crippen LogP contribution in [0.3, 0.4) is 0 Å². The van der Waals surface area contributed by atoms with Crippen LogP contribution < -0.4 is 10.2 Å². The van der Waals surface area contributed by atoms with Crippen LogP contribution in [-0.2, 0) is 23.0 Å². The number of piperidine rings is 1. The number of thiophene rings is 1. The van der Waals surface area contributed by atoms with Gasteiger partial charge >= 0.3 is 6.03 Å². The maximum Gasteiger partial charge on any atom is 0.322 e. The molecular formula is C21H27ClN4O3S2. The Kier molecular flexibility index (Phi) is 6.60. The molecule has 1 aromatic heterocycles. The van der Waals surface area contributed by atoms with E-state index in [2.05, 4.69) is 16.3 Å². The normalized spacial score (nSPS) is 19.6. The fourth-order valence-electron chi connectivity index (χ4n) is 4.19. The van der Waals surface area contributed by atoms with Crippen LogP contribution in [0, 0.1) is 0 Å². The van der Waals surface area contributed by atoms with Gasteiger partial charge in [-0.25, -0.2) is 17.5 Å². The smallest absolute Gasteiger partial charge is 0.322 e. The second-order valence-corrected chi connectivity index (χ2v) is 12.2. The lowest BCUT2D eigenvalue weighted by molar-refractivity contribution is 0.183. The molecule has 2 aliphatic rings. The van der Waals surface area contributed by atoms with Crippen molar-refractivity contribution in [1.82, 2.24) is 14.5 Å². The van der Waals surface area contributed by atoms with E-state index in [0.29, 0.717) is 13.0 Å². The molecule has 2 aliphatic heterocycles. The van der Waals surface area contributed by atoms with Gasteiger partial charge in [0.2, 0.25) is 10.0 Å². The molecule has 2 aromatic rings. The van der Waals surface area contributed by atoms with Gasteiger partial charge in [-0.1, -0.05) is 11.6 Å². The van der Waals surface area contributed by atoms with Gasteiger partial charge in [-0.2, -0.15) is 0 Å². The third-order valence-electron chi connectivity index (χ3n) is 5.81. The van der Waals surface area contributed by atoms with Crippen LogP contribution in [-0.4, -0.2) is 63.4 Å². The highest BCUT2D eigenvalue weighted by atomic mass is 35.5. The number of urea groups is 1. The number of carbonyl (C=O) groups is 1. The first-order valence-corrected chi connectivity index (χ1v) is 13.0. The number of halogens is 1. The first kappa shape index (κ1) is 22.5. The van der Waals surface area contributed by atoms with Gasteiger partial charge in [0, 0.05) is 50.3 Å². The van der Waals surface area contributed by atoms with Gasteiger partial charge < -0.3 is 5.32 Å². The van der Waals surface area contributed by atoms with E-state index in [1.165, 1.54) is 23.3 Å². The van der Waals surface area contributed by atoms with E-state index < -0.39 is 10.0 Å². The van der Waals surface area contributed by atoms with Crippen molar-refractivity contribution >= 4 is 44.7 Å². The van der Waals surface area contributed by atoms with Gasteiger partial charge in [-0.05, 0) is 61.7 Å². The van der Waals surface area contributed by atoms with Crippen molar-refractivity contribution in [1.29, 1.82) is 0 Å². The molecule has 7 nitrogen and oxygen atoms in total. The fourth-order valence-corrected chi connectivity index (χ4v) is 6.27. The highest BCUT2D eigenvalue weighted by Crippen LogP contribution is 2.31. The van der Waals surface area contributed by atoms with Gasteiger partial charge in [-0.3, -0.25) is 9.80 Å². The maximum atomic E-state index is 13.0. The molecule has 10 heteroatoms. The fraction of sp³-hybridized carbons (Fsp3) is 0.476. The monoisotopic (exact) mass is 482 g/mol. The second-order valence-electron chi connectivity index (χ2n) is 8.21. The summed E-state index contributed by atoms with van der Waals surface area (Å²) in [7, 11) is -0.455. The van der Waals surface area contributed by atoms with E-state index in [4.69, 9.17) is 11.6 Å². The molecule has 168 valence electrons. The summed E-state index contributed by atoms with van der Waals surface area (Å²) < 4.78 is 26.8. The van der Waals surface area contributed by atoms with Crippen molar-refractivity contribution in [3.8, 4) is 0 Å². The zero-order valence-electron chi connectivity index (χ0n) is 17.7. The third-order valence-corrected chi connectivity index (χ3v) is 8.84. The van der Waals surface area contributed by atoms with Crippen LogP contribution in [0.1, 0.15) is 23.3 Å².